The first kappa shape index (κ1) is 19.9. The van der Waals surface area contributed by atoms with Gasteiger partial charge in [-0.3, -0.25) is 4.79 Å². The third-order valence-corrected chi connectivity index (χ3v) is 6.45. The minimum atomic E-state index is 0.0414. The van der Waals surface area contributed by atoms with E-state index in [9.17, 15) is 4.79 Å². The Hall–Kier alpha value is -2.44. The number of thiazole rings is 1. The number of carbonyl (C=O) groups is 1. The maximum absolute atomic E-state index is 13.1. The number of nitrogens with zero attached hydrogens (tertiary/aromatic N) is 2. The second kappa shape index (κ2) is 9.37. The molecule has 0 atom stereocenters. The van der Waals surface area contributed by atoms with E-state index >= 15 is 0 Å². The standard InChI is InChI=1S/C23H26N2O3S/c1-2-27-15-16-28-20-9-5-3-7-18(20)23(26)25-13-11-17(12-14-25)22-24-19-8-4-6-10-21(19)29-22/h3-10,17H,2,11-16H2,1H3. The van der Waals surface area contributed by atoms with Gasteiger partial charge in [0.25, 0.3) is 5.91 Å². The Morgan fingerprint density at radius 3 is 2.66 bits per heavy atom. The molecule has 0 N–H and O–H groups in total. The molecule has 1 fully saturated rings. The van der Waals surface area contributed by atoms with Crippen molar-refractivity contribution in [2.24, 2.45) is 0 Å². The molecule has 0 saturated carbocycles. The van der Waals surface area contributed by atoms with Gasteiger partial charge < -0.3 is 14.4 Å². The van der Waals surface area contributed by atoms with Crippen LogP contribution in [0.25, 0.3) is 10.2 Å². The summed E-state index contributed by atoms with van der Waals surface area (Å²) in [7, 11) is 0. The molecule has 152 valence electrons. The number of piperidine rings is 1. The molecular weight excluding hydrogens is 384 g/mol. The fourth-order valence-electron chi connectivity index (χ4n) is 3.69. The first-order chi connectivity index (χ1) is 14.3. The predicted octanol–water partition coefficient (Wildman–Crippen LogP) is 4.73. The van der Waals surface area contributed by atoms with E-state index in [1.807, 2.05) is 42.2 Å². The summed E-state index contributed by atoms with van der Waals surface area (Å²) in [6.45, 7) is 5.06. The number of benzene rings is 2. The molecule has 1 amide bonds. The first-order valence-electron chi connectivity index (χ1n) is 10.2. The van der Waals surface area contributed by atoms with E-state index in [4.69, 9.17) is 14.5 Å². The van der Waals surface area contributed by atoms with Crippen molar-refractivity contribution in [1.29, 1.82) is 0 Å². The van der Waals surface area contributed by atoms with E-state index in [0.717, 1.165) is 31.4 Å². The topological polar surface area (TPSA) is 51.7 Å². The summed E-state index contributed by atoms with van der Waals surface area (Å²) in [5, 5.41) is 1.19. The van der Waals surface area contributed by atoms with Crippen molar-refractivity contribution in [2.45, 2.75) is 25.7 Å². The van der Waals surface area contributed by atoms with Crippen LogP contribution in [0.4, 0.5) is 0 Å². The molecule has 3 aromatic rings. The predicted molar refractivity (Wildman–Crippen MR) is 116 cm³/mol. The van der Waals surface area contributed by atoms with Gasteiger partial charge in [-0.05, 0) is 44.0 Å². The summed E-state index contributed by atoms with van der Waals surface area (Å²) in [6, 6.07) is 15.8. The van der Waals surface area contributed by atoms with Crippen LogP contribution in [0.2, 0.25) is 0 Å². The van der Waals surface area contributed by atoms with Gasteiger partial charge in [-0.2, -0.15) is 0 Å². The molecule has 0 unspecified atom stereocenters. The molecule has 29 heavy (non-hydrogen) atoms. The molecule has 6 heteroatoms. The van der Waals surface area contributed by atoms with Gasteiger partial charge >= 0.3 is 0 Å². The molecule has 0 spiro atoms. The highest BCUT2D eigenvalue weighted by molar-refractivity contribution is 7.18. The second-order valence-electron chi connectivity index (χ2n) is 7.13. The number of fused-ring (bicyclic) bond motifs is 1. The van der Waals surface area contributed by atoms with E-state index in [1.54, 1.807) is 11.3 Å². The van der Waals surface area contributed by atoms with Crippen LogP contribution >= 0.6 is 11.3 Å². The highest BCUT2D eigenvalue weighted by Gasteiger charge is 2.27. The normalized spacial score (nSPS) is 15.0. The van der Waals surface area contributed by atoms with Crippen LogP contribution < -0.4 is 4.74 Å². The number of carbonyl (C=O) groups excluding carboxylic acids is 1. The number of amides is 1. The maximum Gasteiger partial charge on any atom is 0.257 e. The van der Waals surface area contributed by atoms with E-state index < -0.39 is 0 Å². The summed E-state index contributed by atoms with van der Waals surface area (Å²) in [5.41, 5.74) is 1.70. The van der Waals surface area contributed by atoms with Crippen LogP contribution in [0.15, 0.2) is 48.5 Å². The molecule has 1 saturated heterocycles. The first-order valence-corrected chi connectivity index (χ1v) is 11.0. The minimum absolute atomic E-state index is 0.0414. The largest absolute Gasteiger partial charge is 0.490 e. The Balaban J connectivity index is 1.39. The van der Waals surface area contributed by atoms with Crippen molar-refractivity contribution in [3.05, 3.63) is 59.1 Å². The van der Waals surface area contributed by atoms with Gasteiger partial charge in [0.15, 0.2) is 0 Å². The molecule has 1 aliphatic rings. The van der Waals surface area contributed by atoms with Crippen molar-refractivity contribution in [1.82, 2.24) is 9.88 Å². The van der Waals surface area contributed by atoms with E-state index in [1.165, 1.54) is 9.71 Å². The Kier molecular flexibility index (Phi) is 6.42. The molecule has 2 aromatic carbocycles. The zero-order valence-electron chi connectivity index (χ0n) is 16.7. The molecular formula is C23H26N2O3S. The van der Waals surface area contributed by atoms with Gasteiger partial charge in [-0.1, -0.05) is 24.3 Å². The van der Waals surface area contributed by atoms with Crippen molar-refractivity contribution in [3.8, 4) is 5.75 Å². The van der Waals surface area contributed by atoms with Gasteiger partial charge in [0.2, 0.25) is 0 Å². The third kappa shape index (κ3) is 4.60. The zero-order chi connectivity index (χ0) is 20.1. The Labute approximate surface area is 175 Å². The molecule has 1 aromatic heterocycles. The number of ether oxygens (including phenoxy) is 2. The van der Waals surface area contributed by atoms with E-state index in [0.29, 0.717) is 37.1 Å². The smallest absolute Gasteiger partial charge is 0.257 e. The van der Waals surface area contributed by atoms with Crippen LogP contribution in [0.5, 0.6) is 5.75 Å². The number of likely N-dealkylation sites (tertiary alicyclic amines) is 1. The number of hydrogen-bond acceptors (Lipinski definition) is 5. The molecule has 0 bridgehead atoms. The monoisotopic (exact) mass is 410 g/mol. The van der Waals surface area contributed by atoms with E-state index in [2.05, 4.69) is 18.2 Å². The number of hydrogen-bond donors (Lipinski definition) is 0. The van der Waals surface area contributed by atoms with Crippen molar-refractivity contribution >= 4 is 27.5 Å². The minimum Gasteiger partial charge on any atom is -0.490 e. The lowest BCUT2D eigenvalue weighted by molar-refractivity contribution is 0.0703. The van der Waals surface area contributed by atoms with Gasteiger partial charge in [0, 0.05) is 25.6 Å². The summed E-state index contributed by atoms with van der Waals surface area (Å²) in [6.07, 6.45) is 1.89. The molecule has 5 nitrogen and oxygen atoms in total. The Morgan fingerprint density at radius 1 is 1.10 bits per heavy atom. The van der Waals surface area contributed by atoms with Crippen LogP contribution in [-0.2, 0) is 4.74 Å². The van der Waals surface area contributed by atoms with Gasteiger partial charge in [-0.15, -0.1) is 11.3 Å². The van der Waals surface area contributed by atoms with Crippen molar-refractivity contribution in [3.63, 3.8) is 0 Å². The fraction of sp³-hybridized carbons (Fsp3) is 0.391. The van der Waals surface area contributed by atoms with Gasteiger partial charge in [0.1, 0.15) is 12.4 Å². The maximum atomic E-state index is 13.1. The Morgan fingerprint density at radius 2 is 1.86 bits per heavy atom. The molecule has 2 heterocycles. The zero-order valence-corrected chi connectivity index (χ0v) is 17.5. The van der Waals surface area contributed by atoms with Crippen LogP contribution in [0.1, 0.15) is 41.0 Å². The number of aromatic nitrogens is 1. The summed E-state index contributed by atoms with van der Waals surface area (Å²) >= 11 is 1.78. The van der Waals surface area contributed by atoms with Crippen LogP contribution in [0, 0.1) is 0 Å². The number of para-hydroxylation sites is 2. The van der Waals surface area contributed by atoms with Gasteiger partial charge in [0.05, 0.1) is 27.4 Å². The lowest BCUT2D eigenvalue weighted by atomic mass is 9.97. The summed E-state index contributed by atoms with van der Waals surface area (Å²) in [5.74, 6) is 1.10. The van der Waals surface area contributed by atoms with Gasteiger partial charge in [-0.25, -0.2) is 4.98 Å². The van der Waals surface area contributed by atoms with Crippen LogP contribution in [0.3, 0.4) is 0 Å². The van der Waals surface area contributed by atoms with Crippen LogP contribution in [-0.4, -0.2) is 48.7 Å². The van der Waals surface area contributed by atoms with Crippen molar-refractivity contribution < 1.29 is 14.3 Å². The highest BCUT2D eigenvalue weighted by atomic mass is 32.1. The molecule has 4 rings (SSSR count). The lowest BCUT2D eigenvalue weighted by Gasteiger charge is -2.31. The average molecular weight is 411 g/mol. The third-order valence-electron chi connectivity index (χ3n) is 5.25. The number of rotatable bonds is 7. The van der Waals surface area contributed by atoms with E-state index in [-0.39, 0.29) is 5.91 Å². The molecule has 1 aliphatic heterocycles. The average Bonchev–Trinajstić information content (AvgIpc) is 3.21. The SMILES string of the molecule is CCOCCOc1ccccc1C(=O)N1CCC(c2nc3ccccc3s2)CC1. The fourth-order valence-corrected chi connectivity index (χ4v) is 4.83. The molecule has 0 radical (unpaired) electrons. The van der Waals surface area contributed by atoms with Crippen molar-refractivity contribution in [2.75, 3.05) is 32.9 Å². The quantitative estimate of drug-likeness (QED) is 0.528. The summed E-state index contributed by atoms with van der Waals surface area (Å²) in [4.78, 5) is 19.8. The molecule has 0 aliphatic carbocycles. The Bertz CT molecular complexity index is 930. The second-order valence-corrected chi connectivity index (χ2v) is 8.19. The highest BCUT2D eigenvalue weighted by Crippen LogP contribution is 2.34. The lowest BCUT2D eigenvalue weighted by Crippen LogP contribution is -2.38. The summed E-state index contributed by atoms with van der Waals surface area (Å²) < 4.78 is 12.4.